The van der Waals surface area contributed by atoms with Crippen LogP contribution in [0.4, 0.5) is 0 Å². The highest BCUT2D eigenvalue weighted by atomic mass is 32.2. The van der Waals surface area contributed by atoms with Crippen LogP contribution in [0.15, 0.2) is 35.0 Å². The van der Waals surface area contributed by atoms with E-state index in [-0.39, 0.29) is 0 Å². The number of nitrogens with one attached hydrogen (secondary N) is 1. The second kappa shape index (κ2) is 7.94. The molecule has 2 aromatic heterocycles. The van der Waals surface area contributed by atoms with Crippen LogP contribution in [-0.4, -0.2) is 22.3 Å². The van der Waals surface area contributed by atoms with Crippen molar-refractivity contribution in [3.05, 3.63) is 44.8 Å². The molecule has 2 unspecified atom stereocenters. The lowest BCUT2D eigenvalue weighted by Gasteiger charge is -2.16. The summed E-state index contributed by atoms with van der Waals surface area (Å²) >= 11 is 3.58. The van der Waals surface area contributed by atoms with E-state index in [9.17, 15) is 4.21 Å². The first kappa shape index (κ1) is 14.9. The summed E-state index contributed by atoms with van der Waals surface area (Å²) in [5, 5.41) is 7.78. The highest BCUT2D eigenvalue weighted by molar-refractivity contribution is 7.84. The van der Waals surface area contributed by atoms with Gasteiger partial charge in [-0.3, -0.25) is 4.21 Å². The van der Waals surface area contributed by atoms with Crippen LogP contribution in [0.1, 0.15) is 22.7 Å². The van der Waals surface area contributed by atoms with Gasteiger partial charge in [0.2, 0.25) is 0 Å². The lowest BCUT2D eigenvalue weighted by Crippen LogP contribution is -2.27. The van der Waals surface area contributed by atoms with E-state index in [1.165, 1.54) is 9.75 Å². The zero-order valence-corrected chi connectivity index (χ0v) is 13.5. The summed E-state index contributed by atoms with van der Waals surface area (Å²) in [7, 11) is -0.685. The van der Waals surface area contributed by atoms with E-state index in [1.54, 1.807) is 22.7 Å². The molecule has 0 amide bonds. The topological polar surface area (TPSA) is 29.1 Å². The lowest BCUT2D eigenvalue weighted by atomic mass is 10.1. The van der Waals surface area contributed by atoms with E-state index in [1.807, 2.05) is 6.92 Å². The van der Waals surface area contributed by atoms with Crippen LogP contribution >= 0.6 is 22.7 Å². The SMILES string of the molecule is CCS(=O)CCNC(Cc1cccs1)c1cccs1. The van der Waals surface area contributed by atoms with Crippen molar-refractivity contribution in [3.8, 4) is 0 Å². The van der Waals surface area contributed by atoms with Crippen LogP contribution in [0.2, 0.25) is 0 Å². The molecule has 2 rings (SSSR count). The van der Waals surface area contributed by atoms with Gasteiger partial charge in [0.05, 0.1) is 0 Å². The summed E-state index contributed by atoms with van der Waals surface area (Å²) in [4.78, 5) is 2.75. The molecular formula is C14H19NOS3. The Bertz CT molecular complexity index is 479. The Balaban J connectivity index is 1.93. The van der Waals surface area contributed by atoms with Gasteiger partial charge in [-0.15, -0.1) is 22.7 Å². The maximum absolute atomic E-state index is 11.5. The van der Waals surface area contributed by atoms with Crippen molar-refractivity contribution in [2.45, 2.75) is 19.4 Å². The standard InChI is InChI=1S/C14H19NOS3/c1-2-19(16)10-7-15-13(14-6-4-9-18-14)11-12-5-3-8-17-12/h3-6,8-9,13,15H,2,7,10-11H2,1H3. The van der Waals surface area contributed by atoms with E-state index in [0.717, 1.165) is 24.5 Å². The fraction of sp³-hybridized carbons (Fsp3) is 0.429. The monoisotopic (exact) mass is 313 g/mol. The van der Waals surface area contributed by atoms with Gasteiger partial charge in [-0.1, -0.05) is 19.1 Å². The second-order valence-corrected chi connectivity index (χ2v) is 8.12. The molecular weight excluding hydrogens is 294 g/mol. The Labute approximate surface area is 125 Å². The van der Waals surface area contributed by atoms with E-state index in [4.69, 9.17) is 0 Å². The molecule has 0 saturated heterocycles. The van der Waals surface area contributed by atoms with Crippen LogP contribution in [0.25, 0.3) is 0 Å². The average molecular weight is 314 g/mol. The first-order valence-corrected chi connectivity index (χ1v) is 9.68. The summed E-state index contributed by atoms with van der Waals surface area (Å²) in [5.41, 5.74) is 0. The number of rotatable bonds is 8. The predicted molar refractivity (Wildman–Crippen MR) is 86.6 cm³/mol. The number of hydrogen-bond acceptors (Lipinski definition) is 4. The predicted octanol–water partition coefficient (Wildman–Crippen LogP) is 3.45. The molecule has 2 aromatic rings. The van der Waals surface area contributed by atoms with Gasteiger partial charge in [-0.2, -0.15) is 0 Å². The van der Waals surface area contributed by atoms with E-state index < -0.39 is 10.8 Å². The van der Waals surface area contributed by atoms with Crippen molar-refractivity contribution in [3.63, 3.8) is 0 Å². The molecule has 0 fully saturated rings. The fourth-order valence-electron chi connectivity index (χ4n) is 1.88. The highest BCUT2D eigenvalue weighted by Gasteiger charge is 2.13. The van der Waals surface area contributed by atoms with Crippen LogP contribution in [0.5, 0.6) is 0 Å². The molecule has 104 valence electrons. The molecule has 1 N–H and O–H groups in total. The molecule has 0 bridgehead atoms. The minimum absolute atomic E-state index is 0.340. The third-order valence-electron chi connectivity index (χ3n) is 2.91. The molecule has 2 atom stereocenters. The third kappa shape index (κ3) is 4.84. The van der Waals surface area contributed by atoms with Gasteiger partial charge >= 0.3 is 0 Å². The lowest BCUT2D eigenvalue weighted by molar-refractivity contribution is 0.561. The Morgan fingerprint density at radius 1 is 1.26 bits per heavy atom. The molecule has 2 heterocycles. The summed E-state index contributed by atoms with van der Waals surface area (Å²) in [6.45, 7) is 2.78. The van der Waals surface area contributed by atoms with Gasteiger partial charge in [0.25, 0.3) is 0 Å². The molecule has 2 nitrogen and oxygen atoms in total. The van der Waals surface area contributed by atoms with Crippen molar-refractivity contribution in [1.82, 2.24) is 5.32 Å². The Morgan fingerprint density at radius 3 is 2.68 bits per heavy atom. The molecule has 0 radical (unpaired) electrons. The maximum Gasteiger partial charge on any atom is 0.0463 e. The largest absolute Gasteiger partial charge is 0.308 e. The first-order chi connectivity index (χ1) is 9.29. The van der Waals surface area contributed by atoms with Gasteiger partial charge in [0, 0.05) is 51.1 Å². The maximum atomic E-state index is 11.5. The van der Waals surface area contributed by atoms with E-state index in [0.29, 0.717) is 6.04 Å². The van der Waals surface area contributed by atoms with Crippen LogP contribution < -0.4 is 5.32 Å². The molecule has 0 spiro atoms. The molecule has 0 aliphatic heterocycles. The van der Waals surface area contributed by atoms with Gasteiger partial charge in [-0.25, -0.2) is 0 Å². The summed E-state index contributed by atoms with van der Waals surface area (Å²) in [6.07, 6.45) is 1.01. The van der Waals surface area contributed by atoms with Crippen molar-refractivity contribution < 1.29 is 4.21 Å². The molecule has 19 heavy (non-hydrogen) atoms. The molecule has 5 heteroatoms. The minimum atomic E-state index is -0.685. The zero-order chi connectivity index (χ0) is 13.5. The van der Waals surface area contributed by atoms with Crippen molar-refractivity contribution in [2.75, 3.05) is 18.1 Å². The van der Waals surface area contributed by atoms with E-state index >= 15 is 0 Å². The smallest absolute Gasteiger partial charge is 0.0463 e. The van der Waals surface area contributed by atoms with Gasteiger partial charge < -0.3 is 5.32 Å². The molecule has 0 aromatic carbocycles. The van der Waals surface area contributed by atoms with Crippen molar-refractivity contribution in [1.29, 1.82) is 0 Å². The fourth-order valence-corrected chi connectivity index (χ4v) is 4.07. The summed E-state index contributed by atoms with van der Waals surface area (Å²) in [5.74, 6) is 1.49. The minimum Gasteiger partial charge on any atom is -0.308 e. The average Bonchev–Trinajstić information content (AvgIpc) is 3.10. The van der Waals surface area contributed by atoms with Crippen LogP contribution in [0.3, 0.4) is 0 Å². The molecule has 0 aliphatic rings. The summed E-state index contributed by atoms with van der Waals surface area (Å²) < 4.78 is 11.5. The van der Waals surface area contributed by atoms with Crippen LogP contribution in [0, 0.1) is 0 Å². The highest BCUT2D eigenvalue weighted by Crippen LogP contribution is 2.24. The third-order valence-corrected chi connectivity index (χ3v) is 6.10. The Morgan fingerprint density at radius 2 is 2.05 bits per heavy atom. The number of hydrogen-bond donors (Lipinski definition) is 1. The zero-order valence-electron chi connectivity index (χ0n) is 11.0. The van der Waals surface area contributed by atoms with Gasteiger partial charge in [0.15, 0.2) is 0 Å². The van der Waals surface area contributed by atoms with Crippen molar-refractivity contribution >= 4 is 33.5 Å². The normalized spacial score (nSPS) is 14.4. The van der Waals surface area contributed by atoms with Crippen LogP contribution in [-0.2, 0) is 17.2 Å². The van der Waals surface area contributed by atoms with Gasteiger partial charge in [0.1, 0.15) is 0 Å². The Kier molecular flexibility index (Phi) is 6.23. The van der Waals surface area contributed by atoms with E-state index in [2.05, 4.69) is 40.3 Å². The number of thiophene rings is 2. The first-order valence-electron chi connectivity index (χ1n) is 6.43. The quantitative estimate of drug-likeness (QED) is 0.809. The summed E-state index contributed by atoms with van der Waals surface area (Å²) in [6, 6.07) is 8.88. The molecule has 0 saturated carbocycles. The van der Waals surface area contributed by atoms with Crippen molar-refractivity contribution in [2.24, 2.45) is 0 Å². The molecule has 0 aliphatic carbocycles. The second-order valence-electron chi connectivity index (χ2n) is 4.24. The van der Waals surface area contributed by atoms with Gasteiger partial charge in [-0.05, 0) is 22.9 Å². The Hall–Kier alpha value is -0.490.